The molecule has 0 aliphatic heterocycles. The molecule has 0 amide bonds. The van der Waals surface area contributed by atoms with Gasteiger partial charge in [0.25, 0.3) is 0 Å². The Bertz CT molecular complexity index is 591. The average Bonchev–Trinajstić information content (AvgIpc) is 2.82. The van der Waals surface area contributed by atoms with E-state index in [4.69, 9.17) is 9.52 Å². The first kappa shape index (κ1) is 13.3. The van der Waals surface area contributed by atoms with E-state index in [-0.39, 0.29) is 0 Å². The van der Waals surface area contributed by atoms with Gasteiger partial charge in [0.1, 0.15) is 18.6 Å². The van der Waals surface area contributed by atoms with Gasteiger partial charge in [-0.05, 0) is 13.0 Å². The Morgan fingerprint density at radius 1 is 1.53 bits per heavy atom. The largest absolute Gasteiger partial charge is 0.502 e. The topological polar surface area (TPSA) is 93.2 Å². The van der Waals surface area contributed by atoms with Crippen LogP contribution in [0, 0.1) is 0 Å². The lowest BCUT2D eigenvalue weighted by Crippen LogP contribution is -2.13. The Morgan fingerprint density at radius 3 is 3.11 bits per heavy atom. The highest BCUT2D eigenvalue weighted by Gasteiger charge is 2.05. The van der Waals surface area contributed by atoms with E-state index in [9.17, 15) is 4.79 Å². The highest BCUT2D eigenvalue weighted by molar-refractivity contribution is 5.15. The van der Waals surface area contributed by atoms with Crippen molar-refractivity contribution in [1.82, 2.24) is 20.3 Å². The van der Waals surface area contributed by atoms with Crippen LogP contribution in [0.15, 0.2) is 27.7 Å². The van der Waals surface area contributed by atoms with Gasteiger partial charge in [0.05, 0.1) is 11.9 Å². The molecule has 2 N–H and O–H groups in total. The summed E-state index contributed by atoms with van der Waals surface area (Å²) in [6.07, 6.45) is 3.88. The van der Waals surface area contributed by atoms with Crippen molar-refractivity contribution in [1.29, 1.82) is 0 Å². The van der Waals surface area contributed by atoms with E-state index < -0.39 is 11.2 Å². The zero-order chi connectivity index (χ0) is 13.7. The molecule has 7 nitrogen and oxygen atoms in total. The van der Waals surface area contributed by atoms with Crippen molar-refractivity contribution in [2.75, 3.05) is 6.54 Å². The fourth-order valence-electron chi connectivity index (χ4n) is 1.58. The van der Waals surface area contributed by atoms with E-state index >= 15 is 0 Å². The van der Waals surface area contributed by atoms with E-state index in [0.717, 1.165) is 24.9 Å². The third-order valence-corrected chi connectivity index (χ3v) is 2.50. The summed E-state index contributed by atoms with van der Waals surface area (Å²) in [5, 5.41) is 20.3. The van der Waals surface area contributed by atoms with Gasteiger partial charge in [-0.2, -0.15) is 0 Å². The Hall–Kier alpha value is -2.15. The molecule has 0 fully saturated rings. The predicted molar refractivity (Wildman–Crippen MR) is 67.8 cm³/mol. The average molecular weight is 264 g/mol. The second-order valence-electron chi connectivity index (χ2n) is 4.18. The van der Waals surface area contributed by atoms with Crippen molar-refractivity contribution in [3.05, 3.63) is 40.2 Å². The molecule has 0 unspecified atom stereocenters. The summed E-state index contributed by atoms with van der Waals surface area (Å²) in [6.45, 7) is 3.99. The highest BCUT2D eigenvalue weighted by atomic mass is 16.4. The molecule has 0 atom stereocenters. The maximum Gasteiger partial charge on any atom is 0.226 e. The van der Waals surface area contributed by atoms with Gasteiger partial charge in [0.2, 0.25) is 5.43 Å². The summed E-state index contributed by atoms with van der Waals surface area (Å²) in [7, 11) is 0. The molecule has 2 aromatic heterocycles. The lowest BCUT2D eigenvalue weighted by molar-refractivity contribution is 0.403. The summed E-state index contributed by atoms with van der Waals surface area (Å²) in [5.74, 6) is 0.0209. The van der Waals surface area contributed by atoms with Gasteiger partial charge < -0.3 is 14.8 Å². The molecule has 7 heteroatoms. The van der Waals surface area contributed by atoms with E-state index in [1.165, 1.54) is 6.07 Å². The van der Waals surface area contributed by atoms with Gasteiger partial charge in [-0.25, -0.2) is 4.68 Å². The van der Waals surface area contributed by atoms with Crippen molar-refractivity contribution >= 4 is 0 Å². The van der Waals surface area contributed by atoms with Crippen LogP contribution in [0.1, 0.15) is 24.8 Å². The molecule has 2 heterocycles. The minimum absolute atomic E-state index is 0.302. The fourth-order valence-corrected chi connectivity index (χ4v) is 1.58. The van der Waals surface area contributed by atoms with Crippen molar-refractivity contribution in [3.8, 4) is 5.75 Å². The van der Waals surface area contributed by atoms with Gasteiger partial charge in [-0.1, -0.05) is 12.1 Å². The van der Waals surface area contributed by atoms with Gasteiger partial charge >= 0.3 is 0 Å². The maximum absolute atomic E-state index is 11.2. The number of nitrogens with zero attached hydrogens (tertiary/aromatic N) is 3. The molecule has 0 aliphatic rings. The summed E-state index contributed by atoms with van der Waals surface area (Å²) >= 11 is 0. The molecular formula is C12H16N4O3. The first-order valence-corrected chi connectivity index (χ1v) is 6.09. The summed E-state index contributed by atoms with van der Waals surface area (Å²) in [6, 6.07) is 1.24. The molecule has 0 bridgehead atoms. The van der Waals surface area contributed by atoms with Gasteiger partial charge in [0.15, 0.2) is 5.75 Å². The molecule has 0 spiro atoms. The normalized spacial score (nSPS) is 10.8. The molecular weight excluding hydrogens is 248 g/mol. The molecule has 0 aliphatic carbocycles. The Kier molecular flexibility index (Phi) is 4.30. The SMILES string of the molecule is CCCNCc1cn(Cc2cc(=O)c(O)co2)nn1. The summed E-state index contributed by atoms with van der Waals surface area (Å²) in [5.41, 5.74) is 0.362. The van der Waals surface area contributed by atoms with Crippen molar-refractivity contribution in [3.63, 3.8) is 0 Å². The second kappa shape index (κ2) is 6.14. The minimum atomic E-state index is -0.466. The molecule has 0 aromatic carbocycles. The van der Waals surface area contributed by atoms with Crippen LogP contribution in [0.5, 0.6) is 5.75 Å². The van der Waals surface area contributed by atoms with Crippen LogP contribution in [-0.4, -0.2) is 26.6 Å². The van der Waals surface area contributed by atoms with Crippen LogP contribution >= 0.6 is 0 Å². The molecule has 2 aromatic rings. The molecule has 0 saturated carbocycles. The zero-order valence-electron chi connectivity index (χ0n) is 10.7. The third-order valence-electron chi connectivity index (χ3n) is 2.50. The first-order valence-electron chi connectivity index (χ1n) is 6.09. The monoisotopic (exact) mass is 264 g/mol. The van der Waals surface area contributed by atoms with Gasteiger partial charge in [-0.3, -0.25) is 4.79 Å². The van der Waals surface area contributed by atoms with Crippen molar-refractivity contribution < 1.29 is 9.52 Å². The number of hydrogen-bond donors (Lipinski definition) is 2. The molecule has 0 radical (unpaired) electrons. The van der Waals surface area contributed by atoms with E-state index in [1.54, 1.807) is 10.9 Å². The minimum Gasteiger partial charge on any atom is -0.502 e. The molecule has 19 heavy (non-hydrogen) atoms. The number of aromatic hydroxyl groups is 1. The number of aromatic nitrogens is 3. The standard InChI is InChI=1S/C12H16N4O3/c1-2-3-13-5-9-6-16(15-14-9)7-10-4-11(17)12(18)8-19-10/h4,6,8,13,18H,2-3,5,7H2,1H3. The Balaban J connectivity index is 1.99. The number of hydrogen-bond acceptors (Lipinski definition) is 6. The Labute approximate surface area is 109 Å². The van der Waals surface area contributed by atoms with Gasteiger partial charge in [0, 0.05) is 12.6 Å². The van der Waals surface area contributed by atoms with Crippen LogP contribution in [0.2, 0.25) is 0 Å². The summed E-state index contributed by atoms with van der Waals surface area (Å²) in [4.78, 5) is 11.2. The van der Waals surface area contributed by atoms with Crippen LogP contribution < -0.4 is 10.7 Å². The fraction of sp³-hybridized carbons (Fsp3) is 0.417. The highest BCUT2D eigenvalue weighted by Crippen LogP contribution is 2.05. The van der Waals surface area contributed by atoms with Crippen LogP contribution in [0.25, 0.3) is 0 Å². The molecule has 2 rings (SSSR count). The van der Waals surface area contributed by atoms with Crippen LogP contribution in [0.3, 0.4) is 0 Å². The van der Waals surface area contributed by atoms with Crippen molar-refractivity contribution in [2.24, 2.45) is 0 Å². The number of rotatable bonds is 6. The van der Waals surface area contributed by atoms with Crippen LogP contribution in [0.4, 0.5) is 0 Å². The lowest BCUT2D eigenvalue weighted by Gasteiger charge is -1.99. The quantitative estimate of drug-likeness (QED) is 0.737. The molecule has 102 valence electrons. The summed E-state index contributed by atoms with van der Waals surface area (Å²) < 4.78 is 6.68. The third kappa shape index (κ3) is 3.65. The van der Waals surface area contributed by atoms with E-state index in [0.29, 0.717) is 18.8 Å². The smallest absolute Gasteiger partial charge is 0.226 e. The van der Waals surface area contributed by atoms with E-state index in [2.05, 4.69) is 22.6 Å². The van der Waals surface area contributed by atoms with Crippen molar-refractivity contribution in [2.45, 2.75) is 26.4 Å². The van der Waals surface area contributed by atoms with Crippen LogP contribution in [-0.2, 0) is 13.1 Å². The zero-order valence-corrected chi connectivity index (χ0v) is 10.7. The second-order valence-corrected chi connectivity index (χ2v) is 4.18. The maximum atomic E-state index is 11.2. The lowest BCUT2D eigenvalue weighted by atomic mass is 10.3. The van der Waals surface area contributed by atoms with Gasteiger partial charge in [-0.15, -0.1) is 5.10 Å². The molecule has 0 saturated heterocycles. The number of nitrogens with one attached hydrogen (secondary N) is 1. The first-order chi connectivity index (χ1) is 9.19. The van der Waals surface area contributed by atoms with E-state index in [1.807, 2.05) is 0 Å². The predicted octanol–water partition coefficient (Wildman–Crippen LogP) is 0.485. The Morgan fingerprint density at radius 2 is 2.37 bits per heavy atom.